The van der Waals surface area contributed by atoms with Crippen LogP contribution < -0.4 is 5.32 Å². The number of carbonyl (C=O) groups is 1. The molecule has 0 aromatic rings. The zero-order valence-corrected chi connectivity index (χ0v) is 64.3. The number of unbranched alkanes of at least 4 members (excludes halogenated alkanes) is 62. The van der Waals surface area contributed by atoms with Gasteiger partial charge in [-0.05, 0) is 12.8 Å². The molecule has 0 saturated carbocycles. The summed E-state index contributed by atoms with van der Waals surface area (Å²) in [4.78, 5) is 13.4. The molecule has 2 aliphatic heterocycles. The fourth-order valence-corrected chi connectivity index (χ4v) is 15.0. The van der Waals surface area contributed by atoms with Crippen LogP contribution in [0.15, 0.2) is 0 Å². The van der Waals surface area contributed by atoms with Gasteiger partial charge in [0, 0.05) is 6.42 Å². The lowest BCUT2D eigenvalue weighted by Gasteiger charge is -2.46. The van der Waals surface area contributed by atoms with Crippen molar-refractivity contribution in [2.75, 3.05) is 19.8 Å². The maximum absolute atomic E-state index is 13.4. The van der Waals surface area contributed by atoms with Gasteiger partial charge in [-0.1, -0.05) is 418 Å². The average molecular weight is 1400 g/mol. The summed E-state index contributed by atoms with van der Waals surface area (Å²) in [5.41, 5.74) is 0. The van der Waals surface area contributed by atoms with E-state index in [9.17, 15) is 45.6 Å². The number of hydrogen-bond donors (Lipinski definition) is 9. The highest BCUT2D eigenvalue weighted by Gasteiger charge is 2.51. The van der Waals surface area contributed by atoms with E-state index in [1.807, 2.05) is 0 Å². The van der Waals surface area contributed by atoms with E-state index in [0.717, 1.165) is 51.4 Å². The van der Waals surface area contributed by atoms with Gasteiger partial charge in [0.25, 0.3) is 0 Å². The summed E-state index contributed by atoms with van der Waals surface area (Å²) in [6.45, 7) is 2.96. The molecule has 14 nitrogen and oxygen atoms in total. The number of aliphatic hydroxyl groups excluding tert-OH is 8. The molecule has 2 saturated heterocycles. The number of nitrogens with one attached hydrogen (secondary N) is 1. The standard InChI is InChI=1S/C84H165NO13/c1-3-5-7-9-11-13-15-17-19-21-23-25-27-29-31-33-34-35-36-37-38-40-42-44-46-48-50-52-54-56-58-60-62-64-66-68-76(89)85-72(71-95-83-81(94)79(92)82(75(70-87)97-83)98-84-80(93)78(91)77(90)74(69-86)96-84)73(88)67-65-63-61-59-57-55-53-51-49-47-45-43-41-39-32-30-28-26-24-22-20-18-16-14-12-10-8-6-4-2/h72-75,77-84,86-88,90-94H,3-71H2,1-2H3,(H,85,89). The van der Waals surface area contributed by atoms with E-state index in [4.69, 9.17) is 18.9 Å². The Bertz CT molecular complexity index is 1650. The molecule has 12 unspecified atom stereocenters. The van der Waals surface area contributed by atoms with E-state index < -0.39 is 86.8 Å². The van der Waals surface area contributed by atoms with E-state index in [1.54, 1.807) is 0 Å². The highest BCUT2D eigenvalue weighted by atomic mass is 16.7. The van der Waals surface area contributed by atoms with Gasteiger partial charge in [-0.25, -0.2) is 0 Å². The second kappa shape index (κ2) is 69.1. The van der Waals surface area contributed by atoms with Crippen LogP contribution >= 0.6 is 0 Å². The lowest BCUT2D eigenvalue weighted by molar-refractivity contribution is -0.359. The number of ether oxygens (including phenoxy) is 4. The van der Waals surface area contributed by atoms with Crippen LogP contribution in [0.1, 0.15) is 438 Å². The van der Waals surface area contributed by atoms with Crippen molar-refractivity contribution >= 4 is 5.91 Å². The summed E-state index contributed by atoms with van der Waals surface area (Å²) in [5.74, 6) is -0.194. The van der Waals surface area contributed by atoms with Crippen LogP contribution in [0.25, 0.3) is 0 Å². The summed E-state index contributed by atoms with van der Waals surface area (Å²) in [6, 6.07) is -0.826. The van der Waals surface area contributed by atoms with Gasteiger partial charge in [0.2, 0.25) is 5.91 Å². The van der Waals surface area contributed by atoms with Crippen molar-refractivity contribution in [3.05, 3.63) is 0 Å². The van der Waals surface area contributed by atoms with Gasteiger partial charge in [0.05, 0.1) is 32.0 Å². The summed E-state index contributed by atoms with van der Waals surface area (Å²) < 4.78 is 23.0. The SMILES string of the molecule is CCCCCCCCCCCCCCCCCCCCCCCCCCCCCCCCCCCCCC(=O)NC(COC1OC(CO)C(OC2OC(CO)C(O)C(O)C2O)C(O)C1O)C(O)CCCCCCCCCCCCCCCCCCCCCCCCCCCCCCC. The zero-order chi connectivity index (χ0) is 70.8. The second-order valence-corrected chi connectivity index (χ2v) is 31.0. The van der Waals surface area contributed by atoms with E-state index in [1.165, 1.54) is 360 Å². The van der Waals surface area contributed by atoms with Gasteiger partial charge in [0.15, 0.2) is 12.6 Å². The Hall–Kier alpha value is -1.01. The predicted molar refractivity (Wildman–Crippen MR) is 406 cm³/mol. The van der Waals surface area contributed by atoms with Gasteiger partial charge in [-0.15, -0.1) is 0 Å². The number of amides is 1. The van der Waals surface area contributed by atoms with Crippen molar-refractivity contribution in [1.29, 1.82) is 0 Å². The summed E-state index contributed by atoms with van der Waals surface area (Å²) in [7, 11) is 0. The van der Waals surface area contributed by atoms with E-state index in [2.05, 4.69) is 19.2 Å². The van der Waals surface area contributed by atoms with Crippen LogP contribution in [0.5, 0.6) is 0 Å². The highest BCUT2D eigenvalue weighted by molar-refractivity contribution is 5.76. The number of carbonyl (C=O) groups excluding carboxylic acids is 1. The van der Waals surface area contributed by atoms with Gasteiger partial charge in [-0.3, -0.25) is 4.79 Å². The molecule has 0 spiro atoms. The molecule has 2 heterocycles. The maximum atomic E-state index is 13.4. The maximum Gasteiger partial charge on any atom is 0.220 e. The first-order valence-corrected chi connectivity index (χ1v) is 43.3. The fraction of sp³-hybridized carbons (Fsp3) is 0.988. The van der Waals surface area contributed by atoms with Crippen LogP contribution in [0.3, 0.4) is 0 Å². The van der Waals surface area contributed by atoms with Gasteiger partial charge in [-0.2, -0.15) is 0 Å². The molecule has 0 aromatic carbocycles. The molecule has 0 aliphatic carbocycles. The van der Waals surface area contributed by atoms with Crippen LogP contribution in [-0.2, 0) is 23.7 Å². The third-order valence-corrected chi connectivity index (χ3v) is 21.8. The van der Waals surface area contributed by atoms with Crippen molar-refractivity contribution < 1.29 is 64.6 Å². The largest absolute Gasteiger partial charge is 0.394 e. The third-order valence-electron chi connectivity index (χ3n) is 21.8. The molecular formula is C84H165NO13. The molecule has 0 radical (unpaired) electrons. The van der Waals surface area contributed by atoms with Crippen LogP contribution in [0.4, 0.5) is 0 Å². The molecule has 0 bridgehead atoms. The van der Waals surface area contributed by atoms with E-state index in [0.29, 0.717) is 12.8 Å². The quantitative estimate of drug-likeness (QED) is 0.0259. The van der Waals surface area contributed by atoms with Crippen molar-refractivity contribution in [1.82, 2.24) is 5.32 Å². The molecule has 2 fully saturated rings. The van der Waals surface area contributed by atoms with Gasteiger partial charge in [0.1, 0.15) is 48.8 Å². The smallest absolute Gasteiger partial charge is 0.220 e. The molecule has 0 aromatic heterocycles. The first kappa shape index (κ1) is 93.1. The highest BCUT2D eigenvalue weighted by Crippen LogP contribution is 2.31. The average Bonchev–Trinajstić information content (AvgIpc) is 0.797. The molecule has 2 rings (SSSR count). The number of aliphatic hydroxyl groups is 8. The Morgan fingerprint density at radius 1 is 0.327 bits per heavy atom. The Balaban J connectivity index is 1.56. The van der Waals surface area contributed by atoms with Crippen molar-refractivity contribution in [3.8, 4) is 0 Å². The molecular weight excluding hydrogens is 1230 g/mol. The van der Waals surface area contributed by atoms with Crippen molar-refractivity contribution in [2.45, 2.75) is 511 Å². The zero-order valence-electron chi connectivity index (χ0n) is 64.3. The normalized spacial score (nSPS) is 21.9. The lowest BCUT2D eigenvalue weighted by atomic mass is 9.97. The third kappa shape index (κ3) is 51.2. The molecule has 9 N–H and O–H groups in total. The van der Waals surface area contributed by atoms with E-state index in [-0.39, 0.29) is 12.5 Å². The number of hydrogen-bond acceptors (Lipinski definition) is 13. The minimum absolute atomic E-state index is 0.194. The Morgan fingerprint density at radius 2 is 0.582 bits per heavy atom. The van der Waals surface area contributed by atoms with Crippen LogP contribution in [0, 0.1) is 0 Å². The second-order valence-electron chi connectivity index (χ2n) is 31.0. The van der Waals surface area contributed by atoms with Crippen molar-refractivity contribution in [3.63, 3.8) is 0 Å². The number of rotatable bonds is 75. The van der Waals surface area contributed by atoms with Gasteiger partial charge >= 0.3 is 0 Å². The predicted octanol–water partition coefficient (Wildman–Crippen LogP) is 20.3. The summed E-state index contributed by atoms with van der Waals surface area (Å²) in [5, 5.41) is 88.0. The van der Waals surface area contributed by atoms with E-state index >= 15 is 0 Å². The minimum Gasteiger partial charge on any atom is -0.394 e. The molecule has 2 aliphatic rings. The molecule has 14 heteroatoms. The first-order valence-electron chi connectivity index (χ1n) is 43.3. The monoisotopic (exact) mass is 1400 g/mol. The topological polar surface area (TPSA) is 228 Å². The van der Waals surface area contributed by atoms with Crippen LogP contribution in [0.2, 0.25) is 0 Å². The lowest BCUT2D eigenvalue weighted by Crippen LogP contribution is -2.65. The summed E-state index contributed by atoms with van der Waals surface area (Å²) >= 11 is 0. The molecule has 584 valence electrons. The van der Waals surface area contributed by atoms with Crippen LogP contribution in [-0.4, -0.2) is 140 Å². The van der Waals surface area contributed by atoms with Crippen molar-refractivity contribution in [2.24, 2.45) is 0 Å². The van der Waals surface area contributed by atoms with Gasteiger partial charge < -0.3 is 65.1 Å². The fourth-order valence-electron chi connectivity index (χ4n) is 15.0. The Kier molecular flexibility index (Phi) is 65.6. The summed E-state index contributed by atoms with van der Waals surface area (Å²) in [6.07, 6.45) is 70.3. The molecule has 12 atom stereocenters. The first-order chi connectivity index (χ1) is 48.1. The Labute approximate surface area is 604 Å². The molecule has 98 heavy (non-hydrogen) atoms. The minimum atomic E-state index is -1.78. The molecule has 1 amide bonds. The Morgan fingerprint density at radius 3 is 0.867 bits per heavy atom.